The highest BCUT2D eigenvalue weighted by Gasteiger charge is 2.20. The van der Waals surface area contributed by atoms with Crippen LogP contribution in [-0.2, 0) is 9.84 Å². The van der Waals surface area contributed by atoms with E-state index in [2.05, 4.69) is 9.97 Å². The smallest absolute Gasteiger partial charge is 0.147 e. The maximum absolute atomic E-state index is 11.3. The molecule has 0 saturated heterocycles. The Balaban J connectivity index is 2.40. The minimum absolute atomic E-state index is 0.0632. The van der Waals surface area contributed by atoms with Crippen LogP contribution in [0.15, 0.2) is 18.5 Å². The Morgan fingerprint density at radius 3 is 2.70 bits per heavy atom. The first kappa shape index (κ1) is 14.9. The van der Waals surface area contributed by atoms with Gasteiger partial charge in [0, 0.05) is 18.5 Å². The van der Waals surface area contributed by atoms with Gasteiger partial charge in [0.15, 0.2) is 0 Å². The minimum atomic E-state index is -3.02. The first-order valence-corrected chi connectivity index (χ1v) is 8.61. The van der Waals surface area contributed by atoms with Gasteiger partial charge in [0.05, 0.1) is 23.5 Å². The lowest BCUT2D eigenvalue weighted by atomic mass is 10.2. The number of aromatic nitrogens is 3. The van der Waals surface area contributed by atoms with Gasteiger partial charge in [-0.15, -0.1) is 0 Å². The van der Waals surface area contributed by atoms with Crippen LogP contribution < -0.4 is 5.73 Å². The van der Waals surface area contributed by atoms with Crippen LogP contribution in [-0.4, -0.2) is 35.0 Å². The molecule has 0 aliphatic carbocycles. The van der Waals surface area contributed by atoms with E-state index in [0.29, 0.717) is 12.2 Å². The summed E-state index contributed by atoms with van der Waals surface area (Å²) in [6.07, 6.45) is 4.99. The Morgan fingerprint density at radius 2 is 2.10 bits per heavy atom. The first-order chi connectivity index (χ1) is 9.29. The van der Waals surface area contributed by atoms with E-state index >= 15 is 0 Å². The quantitative estimate of drug-likeness (QED) is 0.901. The van der Waals surface area contributed by atoms with Gasteiger partial charge in [-0.3, -0.25) is 4.98 Å². The molecule has 1 atom stereocenters. The lowest BCUT2D eigenvalue weighted by molar-refractivity contribution is 0.531. The van der Waals surface area contributed by atoms with Crippen LogP contribution in [0.3, 0.4) is 0 Å². The van der Waals surface area contributed by atoms with Crippen molar-refractivity contribution < 1.29 is 8.42 Å². The van der Waals surface area contributed by atoms with Crippen molar-refractivity contribution in [1.82, 2.24) is 14.5 Å². The molecule has 0 bridgehead atoms. The van der Waals surface area contributed by atoms with E-state index in [1.165, 1.54) is 6.26 Å². The second-order valence-corrected chi connectivity index (χ2v) is 7.58. The predicted molar refractivity (Wildman–Crippen MR) is 79.2 cm³/mol. The van der Waals surface area contributed by atoms with E-state index in [-0.39, 0.29) is 11.8 Å². The van der Waals surface area contributed by atoms with Crippen molar-refractivity contribution in [3.63, 3.8) is 0 Å². The van der Waals surface area contributed by atoms with Crippen LogP contribution in [0.2, 0.25) is 0 Å². The zero-order chi connectivity index (χ0) is 14.9. The fraction of sp³-hybridized carbons (Fsp3) is 0.538. The number of rotatable bonds is 5. The molecule has 2 aromatic heterocycles. The molecule has 110 valence electrons. The first-order valence-electron chi connectivity index (χ1n) is 6.54. The van der Waals surface area contributed by atoms with Gasteiger partial charge in [0.1, 0.15) is 21.2 Å². The molecule has 0 amide bonds. The molecule has 0 aromatic carbocycles. The third kappa shape index (κ3) is 3.16. The number of nitrogens with zero attached hydrogens (tertiary/aromatic N) is 3. The van der Waals surface area contributed by atoms with Crippen LogP contribution in [0, 0.1) is 0 Å². The highest BCUT2D eigenvalue weighted by atomic mass is 32.2. The Bertz CT molecular complexity index is 706. The van der Waals surface area contributed by atoms with E-state index in [1.807, 2.05) is 24.5 Å². The number of hydrogen-bond donors (Lipinski definition) is 1. The largest absolute Gasteiger partial charge is 0.324 e. The summed E-state index contributed by atoms with van der Waals surface area (Å²) in [6.45, 7) is 4.10. The summed E-state index contributed by atoms with van der Waals surface area (Å²) in [4.78, 5) is 8.57. The molecule has 2 rings (SSSR count). The summed E-state index contributed by atoms with van der Waals surface area (Å²) < 4.78 is 24.6. The van der Waals surface area contributed by atoms with Gasteiger partial charge in [0.25, 0.3) is 0 Å². The molecule has 0 radical (unpaired) electrons. The van der Waals surface area contributed by atoms with Crippen molar-refractivity contribution in [2.75, 3.05) is 12.0 Å². The predicted octanol–water partition coefficient (Wildman–Crippen LogP) is 1.45. The Labute approximate surface area is 118 Å². The van der Waals surface area contributed by atoms with Gasteiger partial charge in [-0.2, -0.15) is 0 Å². The van der Waals surface area contributed by atoms with E-state index in [0.717, 1.165) is 11.0 Å². The maximum Gasteiger partial charge on any atom is 0.147 e. The van der Waals surface area contributed by atoms with Crippen LogP contribution in [0.4, 0.5) is 0 Å². The molecule has 2 N–H and O–H groups in total. The summed E-state index contributed by atoms with van der Waals surface area (Å²) in [6, 6.07) is 1.69. The van der Waals surface area contributed by atoms with Crippen LogP contribution >= 0.6 is 0 Å². The summed E-state index contributed by atoms with van der Waals surface area (Å²) in [5.41, 5.74) is 7.89. The number of pyridine rings is 1. The number of nitrogens with two attached hydrogens (primary N) is 1. The van der Waals surface area contributed by atoms with Crippen LogP contribution in [0.25, 0.3) is 11.0 Å². The van der Waals surface area contributed by atoms with Gasteiger partial charge in [0.2, 0.25) is 0 Å². The molecular formula is C13H20N4O2S. The van der Waals surface area contributed by atoms with E-state index in [4.69, 9.17) is 5.73 Å². The van der Waals surface area contributed by atoms with Gasteiger partial charge in [-0.05, 0) is 26.3 Å². The van der Waals surface area contributed by atoms with E-state index < -0.39 is 15.9 Å². The number of fused-ring (bicyclic) bond motifs is 1. The highest BCUT2D eigenvalue weighted by Crippen LogP contribution is 2.25. The minimum Gasteiger partial charge on any atom is -0.324 e. The number of sulfone groups is 1. The average molecular weight is 296 g/mol. The fourth-order valence-corrected chi connectivity index (χ4v) is 2.93. The molecular weight excluding hydrogens is 276 g/mol. The molecule has 0 aliphatic heterocycles. The summed E-state index contributed by atoms with van der Waals surface area (Å²) in [5, 5.41) is 0. The Morgan fingerprint density at radius 1 is 1.40 bits per heavy atom. The van der Waals surface area contributed by atoms with Crippen molar-refractivity contribution in [3.05, 3.63) is 24.3 Å². The molecule has 7 heteroatoms. The fourth-order valence-electron chi connectivity index (χ4n) is 2.24. The van der Waals surface area contributed by atoms with Gasteiger partial charge in [-0.1, -0.05) is 0 Å². The normalized spacial score (nSPS) is 14.1. The molecule has 2 aromatic rings. The van der Waals surface area contributed by atoms with Gasteiger partial charge < -0.3 is 10.3 Å². The van der Waals surface area contributed by atoms with Crippen molar-refractivity contribution in [1.29, 1.82) is 0 Å². The highest BCUT2D eigenvalue weighted by molar-refractivity contribution is 7.90. The van der Waals surface area contributed by atoms with Gasteiger partial charge >= 0.3 is 0 Å². The van der Waals surface area contributed by atoms with Crippen molar-refractivity contribution >= 4 is 20.9 Å². The maximum atomic E-state index is 11.3. The molecule has 0 aliphatic rings. The van der Waals surface area contributed by atoms with E-state index in [1.54, 1.807) is 12.4 Å². The monoisotopic (exact) mass is 296 g/mol. The Kier molecular flexibility index (Phi) is 4.10. The van der Waals surface area contributed by atoms with Gasteiger partial charge in [-0.25, -0.2) is 13.4 Å². The Hall–Kier alpha value is -1.47. The van der Waals surface area contributed by atoms with Crippen molar-refractivity contribution in [2.45, 2.75) is 32.4 Å². The summed E-state index contributed by atoms with van der Waals surface area (Å²) in [5.74, 6) is 0.778. The van der Waals surface area contributed by atoms with Crippen LogP contribution in [0.5, 0.6) is 0 Å². The standard InChI is InChI=1S/C13H20N4O2S/c1-9(2)17-12-4-6-15-8-11(12)16-13(17)10(14)5-7-20(3,18)19/h4,6,8-10H,5,7,14H2,1-3H3. The third-order valence-electron chi connectivity index (χ3n) is 3.17. The molecule has 0 spiro atoms. The second-order valence-electron chi connectivity index (χ2n) is 5.32. The average Bonchev–Trinajstić information content (AvgIpc) is 2.74. The SMILES string of the molecule is CC(C)n1c(C(N)CCS(C)(=O)=O)nc2cnccc21. The molecule has 2 heterocycles. The lowest BCUT2D eigenvalue weighted by Gasteiger charge is -2.17. The van der Waals surface area contributed by atoms with Crippen molar-refractivity contribution in [2.24, 2.45) is 5.73 Å². The van der Waals surface area contributed by atoms with Crippen molar-refractivity contribution in [3.8, 4) is 0 Å². The number of imidazole rings is 1. The third-order valence-corrected chi connectivity index (χ3v) is 4.14. The zero-order valence-corrected chi connectivity index (χ0v) is 12.8. The molecule has 20 heavy (non-hydrogen) atoms. The molecule has 0 saturated carbocycles. The van der Waals surface area contributed by atoms with E-state index in [9.17, 15) is 8.42 Å². The second kappa shape index (κ2) is 5.49. The number of hydrogen-bond acceptors (Lipinski definition) is 5. The molecule has 1 unspecified atom stereocenters. The summed E-state index contributed by atoms with van der Waals surface area (Å²) in [7, 11) is -3.02. The topological polar surface area (TPSA) is 90.9 Å². The summed E-state index contributed by atoms with van der Waals surface area (Å²) >= 11 is 0. The zero-order valence-electron chi connectivity index (χ0n) is 11.9. The van der Waals surface area contributed by atoms with Crippen LogP contribution in [0.1, 0.15) is 38.2 Å². The molecule has 6 nitrogen and oxygen atoms in total. The molecule has 0 fully saturated rings. The lowest BCUT2D eigenvalue weighted by Crippen LogP contribution is -2.20.